The van der Waals surface area contributed by atoms with Gasteiger partial charge >= 0.3 is 0 Å². The van der Waals surface area contributed by atoms with Crippen molar-refractivity contribution in [1.82, 2.24) is 0 Å². The molecule has 0 bridgehead atoms. The van der Waals surface area contributed by atoms with Crippen molar-refractivity contribution in [1.29, 1.82) is 0 Å². The van der Waals surface area contributed by atoms with Gasteiger partial charge in [-0.25, -0.2) is 4.89 Å². The highest BCUT2D eigenvalue weighted by atomic mass is 32.2. The van der Waals surface area contributed by atoms with Crippen molar-refractivity contribution in [3.63, 3.8) is 0 Å². The highest BCUT2D eigenvalue weighted by Crippen LogP contribution is 2.17. The van der Waals surface area contributed by atoms with Gasteiger partial charge in [-0.1, -0.05) is 57.5 Å². The van der Waals surface area contributed by atoms with Crippen LogP contribution in [0, 0.1) is 6.92 Å². The summed E-state index contributed by atoms with van der Waals surface area (Å²) in [7, 11) is -2.62. The van der Waals surface area contributed by atoms with Gasteiger partial charge in [-0.2, -0.15) is 12.8 Å². The Balaban J connectivity index is 0.000000444. The first-order valence-corrected chi connectivity index (χ1v) is 12.4. The zero-order chi connectivity index (χ0) is 24.6. The summed E-state index contributed by atoms with van der Waals surface area (Å²) in [5, 5.41) is 2.44. The summed E-state index contributed by atoms with van der Waals surface area (Å²) < 4.78 is 34.5. The SMILES string of the molecule is CCC.CCSOOC.Cc1cc(N)ccc1S(=O)(=O)O.Nc1ccc2ccccc2c1. The predicted molar refractivity (Wildman–Crippen MR) is 136 cm³/mol. The number of hydrogen-bond donors (Lipinski definition) is 3. The van der Waals surface area contributed by atoms with Crippen molar-refractivity contribution in [3.8, 4) is 0 Å². The average Bonchev–Trinajstić information content (AvgIpc) is 2.72. The number of rotatable bonds is 4. The molecule has 0 aliphatic heterocycles. The number of fused-ring (bicyclic) bond motifs is 1. The van der Waals surface area contributed by atoms with Crippen molar-refractivity contribution >= 4 is 44.3 Å². The van der Waals surface area contributed by atoms with Gasteiger partial charge in [-0.05, 0) is 53.6 Å². The first kappa shape index (κ1) is 29.7. The molecule has 0 radical (unpaired) electrons. The molecule has 0 unspecified atom stereocenters. The lowest BCUT2D eigenvalue weighted by Crippen LogP contribution is -2.01. The molecule has 0 saturated carbocycles. The lowest BCUT2D eigenvalue weighted by atomic mass is 10.1. The minimum Gasteiger partial charge on any atom is -0.399 e. The highest BCUT2D eigenvalue weighted by molar-refractivity contribution is 7.94. The monoisotopic (exact) mass is 482 g/mol. The molecule has 3 rings (SSSR count). The quantitative estimate of drug-likeness (QED) is 0.105. The van der Waals surface area contributed by atoms with Gasteiger partial charge in [0.05, 0.1) is 12.0 Å². The first-order valence-electron chi connectivity index (χ1n) is 10.0. The van der Waals surface area contributed by atoms with Gasteiger partial charge in [0.25, 0.3) is 10.1 Å². The number of nitrogen functional groups attached to an aromatic ring is 2. The third-order valence-electron chi connectivity index (χ3n) is 3.48. The summed E-state index contributed by atoms with van der Waals surface area (Å²) in [6, 6.07) is 18.3. The topological polar surface area (TPSA) is 125 Å². The molecular weight excluding hydrogens is 448 g/mol. The number of benzene rings is 3. The van der Waals surface area contributed by atoms with E-state index in [1.807, 2.05) is 37.3 Å². The second-order valence-corrected chi connectivity index (χ2v) is 8.79. The minimum absolute atomic E-state index is 0.100. The summed E-state index contributed by atoms with van der Waals surface area (Å²) >= 11 is 1.29. The van der Waals surface area contributed by atoms with Crippen LogP contribution in [0.2, 0.25) is 0 Å². The molecule has 3 aromatic rings. The summed E-state index contributed by atoms with van der Waals surface area (Å²) in [4.78, 5) is 4.14. The second kappa shape index (κ2) is 16.3. The fourth-order valence-corrected chi connectivity index (χ4v) is 3.16. The Kier molecular flexibility index (Phi) is 15.2. The Bertz CT molecular complexity index is 1020. The van der Waals surface area contributed by atoms with E-state index < -0.39 is 10.1 Å². The zero-order valence-corrected chi connectivity index (χ0v) is 20.9. The standard InChI is InChI=1S/C10H9N.C7H9NO3S.C3H8O2S.C3H8/c11-10-6-5-8-3-1-2-4-9(8)7-10;1-5-4-6(8)2-3-7(5)12(9,10)11;1-3-6-5-4-2;1-3-2/h1-7H,11H2;2-4H,8H2,1H3,(H,9,10,11);3H2,1-2H3;3H2,1-2H3. The van der Waals surface area contributed by atoms with Gasteiger partial charge in [0, 0.05) is 29.2 Å². The van der Waals surface area contributed by atoms with Crippen LogP contribution in [0.1, 0.15) is 32.8 Å². The van der Waals surface area contributed by atoms with E-state index in [4.69, 9.17) is 16.0 Å². The van der Waals surface area contributed by atoms with Crippen molar-refractivity contribution in [2.45, 2.75) is 39.0 Å². The molecule has 0 fully saturated rings. The maximum Gasteiger partial charge on any atom is 0.294 e. The summed E-state index contributed by atoms with van der Waals surface area (Å²) in [6.45, 7) is 7.81. The van der Waals surface area contributed by atoms with Crippen LogP contribution in [-0.2, 0) is 19.3 Å². The number of anilines is 2. The second-order valence-electron chi connectivity index (χ2n) is 6.45. The largest absolute Gasteiger partial charge is 0.399 e. The van der Waals surface area contributed by atoms with Crippen LogP contribution in [0.15, 0.2) is 65.6 Å². The maximum atomic E-state index is 10.7. The molecule has 3 aromatic carbocycles. The van der Waals surface area contributed by atoms with Crippen LogP contribution in [0.25, 0.3) is 10.8 Å². The normalized spacial score (nSPS) is 10.1. The van der Waals surface area contributed by atoms with Crippen LogP contribution in [-0.4, -0.2) is 25.8 Å². The van der Waals surface area contributed by atoms with Crippen LogP contribution in [0.3, 0.4) is 0 Å². The molecule has 178 valence electrons. The van der Waals surface area contributed by atoms with Crippen molar-refractivity contribution in [2.75, 3.05) is 24.3 Å². The Hall–Kier alpha value is -2.30. The Morgan fingerprint density at radius 3 is 1.91 bits per heavy atom. The smallest absolute Gasteiger partial charge is 0.294 e. The molecule has 0 heterocycles. The van der Waals surface area contributed by atoms with Gasteiger partial charge in [-0.15, -0.1) is 0 Å². The van der Waals surface area contributed by atoms with E-state index >= 15 is 0 Å². The Labute approximate surface area is 196 Å². The van der Waals surface area contributed by atoms with Gasteiger partial charge < -0.3 is 11.5 Å². The molecule has 5 N–H and O–H groups in total. The lowest BCUT2D eigenvalue weighted by molar-refractivity contribution is -0.160. The third kappa shape index (κ3) is 12.5. The fourth-order valence-electron chi connectivity index (χ4n) is 2.27. The van der Waals surface area contributed by atoms with E-state index in [1.54, 1.807) is 6.92 Å². The summed E-state index contributed by atoms with van der Waals surface area (Å²) in [6.07, 6.45) is 1.25. The molecule has 0 atom stereocenters. The molecule has 0 amide bonds. The molecule has 0 aliphatic carbocycles. The molecule has 0 saturated heterocycles. The molecule has 7 nitrogen and oxygen atoms in total. The third-order valence-corrected chi connectivity index (χ3v) is 4.97. The van der Waals surface area contributed by atoms with Crippen molar-refractivity contribution in [2.24, 2.45) is 0 Å². The van der Waals surface area contributed by atoms with E-state index in [2.05, 4.69) is 35.2 Å². The Morgan fingerprint density at radius 1 is 0.906 bits per heavy atom. The lowest BCUT2D eigenvalue weighted by Gasteiger charge is -2.01. The number of aryl methyl sites for hydroxylation is 1. The van der Waals surface area contributed by atoms with E-state index in [0.29, 0.717) is 11.3 Å². The fraction of sp³-hybridized carbons (Fsp3) is 0.304. The van der Waals surface area contributed by atoms with Crippen LogP contribution < -0.4 is 11.5 Å². The molecule has 0 aromatic heterocycles. The summed E-state index contributed by atoms with van der Waals surface area (Å²) in [5.41, 5.74) is 12.8. The number of hydrogen-bond acceptors (Lipinski definition) is 7. The molecule has 0 spiro atoms. The number of nitrogens with two attached hydrogens (primary N) is 2. The van der Waals surface area contributed by atoms with E-state index in [1.165, 1.54) is 54.5 Å². The summed E-state index contributed by atoms with van der Waals surface area (Å²) in [5.74, 6) is 0.924. The predicted octanol–water partition coefficient (Wildman–Crippen LogP) is 5.89. The molecular formula is C23H34N2O5S2. The highest BCUT2D eigenvalue weighted by Gasteiger charge is 2.11. The average molecular weight is 483 g/mol. The van der Waals surface area contributed by atoms with Crippen LogP contribution in [0.4, 0.5) is 11.4 Å². The minimum atomic E-state index is -4.11. The van der Waals surface area contributed by atoms with Gasteiger partial charge in [-0.3, -0.25) is 4.55 Å². The molecule has 9 heteroatoms. The van der Waals surface area contributed by atoms with Crippen LogP contribution >= 0.6 is 12.0 Å². The van der Waals surface area contributed by atoms with Crippen molar-refractivity contribution in [3.05, 3.63) is 66.2 Å². The molecule has 32 heavy (non-hydrogen) atoms. The van der Waals surface area contributed by atoms with E-state index in [-0.39, 0.29) is 4.90 Å². The first-order chi connectivity index (χ1) is 15.1. The van der Waals surface area contributed by atoms with Gasteiger partial charge in [0.1, 0.15) is 0 Å². The van der Waals surface area contributed by atoms with E-state index in [0.717, 1.165) is 11.4 Å². The molecule has 0 aliphatic rings. The van der Waals surface area contributed by atoms with E-state index in [9.17, 15) is 8.42 Å². The van der Waals surface area contributed by atoms with Gasteiger partial charge in [0.2, 0.25) is 0 Å². The van der Waals surface area contributed by atoms with Gasteiger partial charge in [0.15, 0.2) is 0 Å². The van der Waals surface area contributed by atoms with Crippen LogP contribution in [0.5, 0.6) is 0 Å². The zero-order valence-electron chi connectivity index (χ0n) is 19.2. The maximum absolute atomic E-state index is 10.7. The van der Waals surface area contributed by atoms with Crippen molar-refractivity contribution < 1.29 is 22.2 Å². The Morgan fingerprint density at radius 2 is 1.44 bits per heavy atom.